The van der Waals surface area contributed by atoms with E-state index in [2.05, 4.69) is 5.32 Å². The minimum Gasteiger partial charge on any atom is -0.355 e. The summed E-state index contributed by atoms with van der Waals surface area (Å²) in [5.41, 5.74) is 0. The summed E-state index contributed by atoms with van der Waals surface area (Å²) in [4.78, 5) is 11.7. The van der Waals surface area contributed by atoms with Crippen LogP contribution in [-0.4, -0.2) is 21.9 Å². The SMILES string of the molecule is CC(C)CNC(=O)[C@H](C)[S@@](=O)c1cccs1. The molecule has 1 aromatic heterocycles. The summed E-state index contributed by atoms with van der Waals surface area (Å²) in [6.07, 6.45) is 0. The first-order valence-electron chi connectivity index (χ1n) is 5.24. The van der Waals surface area contributed by atoms with Crippen LogP contribution < -0.4 is 5.32 Å². The van der Waals surface area contributed by atoms with E-state index >= 15 is 0 Å². The molecule has 90 valence electrons. The van der Waals surface area contributed by atoms with Crippen molar-refractivity contribution in [3.8, 4) is 0 Å². The van der Waals surface area contributed by atoms with E-state index in [1.165, 1.54) is 11.3 Å². The average molecular weight is 259 g/mol. The molecule has 2 atom stereocenters. The number of rotatable bonds is 5. The maximum atomic E-state index is 12.0. The predicted octanol–water partition coefficient (Wildman–Crippen LogP) is 2.02. The van der Waals surface area contributed by atoms with Gasteiger partial charge in [0.2, 0.25) is 5.91 Å². The fraction of sp³-hybridized carbons (Fsp3) is 0.545. The summed E-state index contributed by atoms with van der Waals surface area (Å²) in [5.74, 6) is 0.270. The van der Waals surface area contributed by atoms with E-state index in [-0.39, 0.29) is 5.91 Å². The van der Waals surface area contributed by atoms with Crippen molar-refractivity contribution in [1.82, 2.24) is 5.32 Å². The maximum Gasteiger partial charge on any atom is 0.235 e. The highest BCUT2D eigenvalue weighted by molar-refractivity contribution is 7.88. The van der Waals surface area contributed by atoms with Crippen molar-refractivity contribution in [3.05, 3.63) is 17.5 Å². The van der Waals surface area contributed by atoms with E-state index in [0.29, 0.717) is 12.5 Å². The molecule has 0 radical (unpaired) electrons. The van der Waals surface area contributed by atoms with E-state index < -0.39 is 16.0 Å². The zero-order chi connectivity index (χ0) is 12.1. The standard InChI is InChI=1S/C11H17NO2S2/c1-8(2)7-12-11(13)9(3)16(14)10-5-4-6-15-10/h4-6,8-9H,7H2,1-3H3,(H,12,13)/t9-,16+/m0/s1. The van der Waals surface area contributed by atoms with Crippen molar-refractivity contribution in [1.29, 1.82) is 0 Å². The minimum atomic E-state index is -1.24. The molecule has 3 nitrogen and oxygen atoms in total. The maximum absolute atomic E-state index is 12.0. The van der Waals surface area contributed by atoms with E-state index in [1.807, 2.05) is 25.3 Å². The Morgan fingerprint density at radius 3 is 2.69 bits per heavy atom. The van der Waals surface area contributed by atoms with Gasteiger partial charge in [0.1, 0.15) is 5.25 Å². The zero-order valence-electron chi connectivity index (χ0n) is 9.73. The number of hydrogen-bond donors (Lipinski definition) is 1. The Bertz CT molecular complexity index is 360. The average Bonchev–Trinajstić information content (AvgIpc) is 2.77. The number of amides is 1. The quantitative estimate of drug-likeness (QED) is 0.879. The molecule has 0 saturated carbocycles. The van der Waals surface area contributed by atoms with Gasteiger partial charge in [0, 0.05) is 6.54 Å². The molecule has 1 N–H and O–H groups in total. The lowest BCUT2D eigenvalue weighted by atomic mass is 10.2. The number of carbonyl (C=O) groups is 1. The predicted molar refractivity (Wildman–Crippen MR) is 68.0 cm³/mol. The van der Waals surface area contributed by atoms with E-state index in [9.17, 15) is 9.00 Å². The number of hydrogen-bond acceptors (Lipinski definition) is 3. The molecule has 16 heavy (non-hydrogen) atoms. The van der Waals surface area contributed by atoms with Crippen LogP contribution in [0.5, 0.6) is 0 Å². The smallest absolute Gasteiger partial charge is 0.235 e. The Morgan fingerprint density at radius 1 is 1.50 bits per heavy atom. The molecule has 0 spiro atoms. The summed E-state index contributed by atoms with van der Waals surface area (Å²) in [6, 6.07) is 3.64. The highest BCUT2D eigenvalue weighted by Gasteiger charge is 2.21. The fourth-order valence-electron chi connectivity index (χ4n) is 1.10. The van der Waals surface area contributed by atoms with Gasteiger partial charge in [-0.3, -0.25) is 9.00 Å². The first-order chi connectivity index (χ1) is 7.52. The molecule has 1 aromatic rings. The van der Waals surface area contributed by atoms with Crippen LogP contribution in [0.25, 0.3) is 0 Å². The van der Waals surface area contributed by atoms with E-state index in [0.717, 1.165) is 4.21 Å². The number of carbonyl (C=O) groups excluding carboxylic acids is 1. The molecule has 0 aromatic carbocycles. The molecule has 1 amide bonds. The summed E-state index contributed by atoms with van der Waals surface area (Å²) in [5, 5.41) is 4.18. The van der Waals surface area contributed by atoms with Crippen LogP contribution in [0.3, 0.4) is 0 Å². The Morgan fingerprint density at radius 2 is 2.19 bits per heavy atom. The third-order valence-corrected chi connectivity index (χ3v) is 4.90. The van der Waals surface area contributed by atoms with Gasteiger partial charge >= 0.3 is 0 Å². The largest absolute Gasteiger partial charge is 0.355 e. The van der Waals surface area contributed by atoms with Crippen molar-refractivity contribution in [2.45, 2.75) is 30.2 Å². The molecule has 0 fully saturated rings. The Kier molecular flexibility index (Phi) is 5.15. The highest BCUT2D eigenvalue weighted by atomic mass is 32.2. The zero-order valence-corrected chi connectivity index (χ0v) is 11.4. The molecular formula is C11H17NO2S2. The first-order valence-corrected chi connectivity index (χ1v) is 7.33. The third kappa shape index (κ3) is 3.72. The van der Waals surface area contributed by atoms with Crippen LogP contribution in [-0.2, 0) is 15.6 Å². The fourth-order valence-corrected chi connectivity index (χ4v) is 3.36. The van der Waals surface area contributed by atoms with Crippen molar-refractivity contribution >= 4 is 28.0 Å². The molecule has 0 unspecified atom stereocenters. The van der Waals surface area contributed by atoms with Gasteiger partial charge in [-0.05, 0) is 24.3 Å². The van der Waals surface area contributed by atoms with Gasteiger partial charge in [-0.2, -0.15) is 0 Å². The van der Waals surface area contributed by atoms with Gasteiger partial charge in [-0.25, -0.2) is 0 Å². The van der Waals surface area contributed by atoms with Gasteiger partial charge in [-0.1, -0.05) is 19.9 Å². The van der Waals surface area contributed by atoms with Crippen LogP contribution in [0.15, 0.2) is 21.7 Å². The van der Waals surface area contributed by atoms with Crippen molar-refractivity contribution in [2.75, 3.05) is 6.54 Å². The molecule has 0 saturated heterocycles. The number of nitrogens with one attached hydrogen (secondary N) is 1. The lowest BCUT2D eigenvalue weighted by Gasteiger charge is -2.12. The molecular weight excluding hydrogens is 242 g/mol. The van der Waals surface area contributed by atoms with Crippen LogP contribution in [0.4, 0.5) is 0 Å². The van der Waals surface area contributed by atoms with E-state index in [1.54, 1.807) is 13.0 Å². The molecule has 5 heteroatoms. The second-order valence-electron chi connectivity index (χ2n) is 4.01. The van der Waals surface area contributed by atoms with Crippen LogP contribution in [0.1, 0.15) is 20.8 Å². The van der Waals surface area contributed by atoms with Crippen LogP contribution >= 0.6 is 11.3 Å². The van der Waals surface area contributed by atoms with Crippen LogP contribution in [0.2, 0.25) is 0 Å². The summed E-state index contributed by atoms with van der Waals surface area (Å²) < 4.78 is 12.7. The monoisotopic (exact) mass is 259 g/mol. The van der Waals surface area contributed by atoms with Gasteiger partial charge in [-0.15, -0.1) is 11.3 Å². The molecule has 0 bridgehead atoms. The molecule has 0 aliphatic heterocycles. The summed E-state index contributed by atoms with van der Waals surface area (Å²) in [7, 11) is -1.24. The van der Waals surface area contributed by atoms with Crippen LogP contribution in [0, 0.1) is 5.92 Å². The summed E-state index contributed by atoms with van der Waals surface area (Å²) >= 11 is 1.42. The highest BCUT2D eigenvalue weighted by Crippen LogP contribution is 2.17. The molecule has 0 aliphatic rings. The Labute approximate surface area is 103 Å². The second-order valence-corrected chi connectivity index (χ2v) is 6.96. The lowest BCUT2D eigenvalue weighted by molar-refractivity contribution is -0.120. The topological polar surface area (TPSA) is 46.2 Å². The van der Waals surface area contributed by atoms with E-state index in [4.69, 9.17) is 0 Å². The van der Waals surface area contributed by atoms with Crippen molar-refractivity contribution in [3.63, 3.8) is 0 Å². The molecule has 1 rings (SSSR count). The molecule has 0 aliphatic carbocycles. The van der Waals surface area contributed by atoms with Crippen molar-refractivity contribution in [2.24, 2.45) is 5.92 Å². The first kappa shape index (κ1) is 13.4. The normalized spacial score (nSPS) is 14.8. The minimum absolute atomic E-state index is 0.138. The lowest BCUT2D eigenvalue weighted by Crippen LogP contribution is -2.37. The van der Waals surface area contributed by atoms with Gasteiger partial charge in [0.15, 0.2) is 0 Å². The van der Waals surface area contributed by atoms with Gasteiger partial charge < -0.3 is 5.32 Å². The summed E-state index contributed by atoms with van der Waals surface area (Å²) in [6.45, 7) is 6.39. The number of thiophene rings is 1. The third-order valence-electron chi connectivity index (χ3n) is 2.07. The Balaban J connectivity index is 2.54. The Hall–Kier alpha value is -0.680. The second kappa shape index (κ2) is 6.15. The van der Waals surface area contributed by atoms with Gasteiger partial charge in [0.25, 0.3) is 0 Å². The van der Waals surface area contributed by atoms with Gasteiger partial charge in [0.05, 0.1) is 15.0 Å². The molecule has 1 heterocycles. The van der Waals surface area contributed by atoms with Crippen molar-refractivity contribution < 1.29 is 9.00 Å².